The summed E-state index contributed by atoms with van der Waals surface area (Å²) in [6.07, 6.45) is 3.88. The molecule has 1 saturated carbocycles. The van der Waals surface area contributed by atoms with Crippen LogP contribution in [0.15, 0.2) is 12.7 Å². The highest BCUT2D eigenvalue weighted by molar-refractivity contribution is 5.85. The molecule has 1 amide bonds. The second-order valence-corrected chi connectivity index (χ2v) is 4.87. The van der Waals surface area contributed by atoms with Crippen molar-refractivity contribution in [2.24, 2.45) is 11.1 Å². The van der Waals surface area contributed by atoms with Gasteiger partial charge < -0.3 is 10.6 Å². The number of hydrogen-bond acceptors (Lipinski definition) is 3. The van der Waals surface area contributed by atoms with Crippen molar-refractivity contribution in [1.82, 2.24) is 9.80 Å². The van der Waals surface area contributed by atoms with E-state index in [2.05, 4.69) is 11.5 Å². The lowest BCUT2D eigenvalue weighted by Crippen LogP contribution is -2.51. The molecule has 1 saturated heterocycles. The highest BCUT2D eigenvalue weighted by Crippen LogP contribution is 2.46. The maximum atomic E-state index is 12.2. The quantitative estimate of drug-likeness (QED) is 0.685. The summed E-state index contributed by atoms with van der Waals surface area (Å²) in [7, 11) is 0. The summed E-state index contributed by atoms with van der Waals surface area (Å²) >= 11 is 0. The van der Waals surface area contributed by atoms with Gasteiger partial charge in [0.25, 0.3) is 0 Å². The highest BCUT2D eigenvalue weighted by atomic mass is 16.2. The van der Waals surface area contributed by atoms with Gasteiger partial charge in [-0.25, -0.2) is 0 Å². The first-order valence-corrected chi connectivity index (χ1v) is 6.04. The molecule has 0 radical (unpaired) electrons. The Labute approximate surface area is 97.1 Å². The van der Waals surface area contributed by atoms with Gasteiger partial charge in [-0.15, -0.1) is 6.58 Å². The number of nitrogens with zero attached hydrogens (tertiary/aromatic N) is 2. The van der Waals surface area contributed by atoms with E-state index >= 15 is 0 Å². The molecule has 0 aromatic carbocycles. The standard InChI is InChI=1S/C12H21N3O/c1-2-5-14-6-8-15(9-7-14)11(16)12(10-13)3-4-12/h2H,1,3-10,13H2. The molecule has 4 nitrogen and oxygen atoms in total. The van der Waals surface area contributed by atoms with Gasteiger partial charge in [-0.3, -0.25) is 9.69 Å². The maximum Gasteiger partial charge on any atom is 0.230 e. The Kier molecular flexibility index (Phi) is 3.30. The van der Waals surface area contributed by atoms with Crippen molar-refractivity contribution in [1.29, 1.82) is 0 Å². The van der Waals surface area contributed by atoms with Crippen LogP contribution in [0.2, 0.25) is 0 Å². The minimum Gasteiger partial charge on any atom is -0.340 e. The van der Waals surface area contributed by atoms with Gasteiger partial charge in [0.15, 0.2) is 0 Å². The van der Waals surface area contributed by atoms with Crippen molar-refractivity contribution in [3.63, 3.8) is 0 Å². The molecule has 2 fully saturated rings. The summed E-state index contributed by atoms with van der Waals surface area (Å²) in [6, 6.07) is 0. The van der Waals surface area contributed by atoms with E-state index in [9.17, 15) is 4.79 Å². The summed E-state index contributed by atoms with van der Waals surface area (Å²) in [5, 5.41) is 0. The van der Waals surface area contributed by atoms with Crippen LogP contribution in [-0.2, 0) is 4.79 Å². The normalized spacial score (nSPS) is 24.2. The first-order chi connectivity index (χ1) is 7.72. The first-order valence-electron chi connectivity index (χ1n) is 6.04. The Balaban J connectivity index is 1.85. The molecule has 90 valence electrons. The van der Waals surface area contributed by atoms with Crippen LogP contribution < -0.4 is 5.73 Å². The molecule has 2 N–H and O–H groups in total. The second kappa shape index (κ2) is 4.55. The Morgan fingerprint density at radius 1 is 1.31 bits per heavy atom. The molecule has 2 aliphatic rings. The Hall–Kier alpha value is -0.870. The van der Waals surface area contributed by atoms with E-state index in [0.717, 1.165) is 45.6 Å². The van der Waals surface area contributed by atoms with Gasteiger partial charge in [0, 0.05) is 39.3 Å². The summed E-state index contributed by atoms with van der Waals surface area (Å²) in [5.41, 5.74) is 5.50. The maximum absolute atomic E-state index is 12.2. The van der Waals surface area contributed by atoms with Gasteiger partial charge in [0.2, 0.25) is 5.91 Å². The molecule has 0 spiro atoms. The zero-order valence-electron chi connectivity index (χ0n) is 9.82. The fourth-order valence-electron chi connectivity index (χ4n) is 2.31. The molecule has 0 bridgehead atoms. The summed E-state index contributed by atoms with van der Waals surface area (Å²) in [6.45, 7) is 8.76. The number of carbonyl (C=O) groups excluding carboxylic acids is 1. The third-order valence-electron chi connectivity index (χ3n) is 3.74. The lowest BCUT2D eigenvalue weighted by Gasteiger charge is -2.36. The van der Waals surface area contributed by atoms with Crippen LogP contribution in [0.25, 0.3) is 0 Å². The zero-order valence-corrected chi connectivity index (χ0v) is 9.82. The molecule has 0 unspecified atom stereocenters. The number of nitrogens with two attached hydrogens (primary N) is 1. The van der Waals surface area contributed by atoms with Gasteiger partial charge in [-0.1, -0.05) is 6.08 Å². The van der Waals surface area contributed by atoms with E-state index in [1.165, 1.54) is 0 Å². The topological polar surface area (TPSA) is 49.6 Å². The van der Waals surface area contributed by atoms with E-state index in [1.807, 2.05) is 11.0 Å². The molecule has 1 aliphatic heterocycles. The lowest BCUT2D eigenvalue weighted by atomic mass is 10.1. The largest absolute Gasteiger partial charge is 0.340 e. The van der Waals surface area contributed by atoms with Crippen LogP contribution in [0.1, 0.15) is 12.8 Å². The predicted molar refractivity (Wildman–Crippen MR) is 63.9 cm³/mol. The fourth-order valence-corrected chi connectivity index (χ4v) is 2.31. The molecule has 0 aromatic rings. The molecule has 1 aliphatic carbocycles. The molecule has 0 atom stereocenters. The molecule has 1 heterocycles. The number of amides is 1. The van der Waals surface area contributed by atoms with Crippen LogP contribution >= 0.6 is 0 Å². The van der Waals surface area contributed by atoms with Crippen LogP contribution in [0, 0.1) is 5.41 Å². The average Bonchev–Trinajstić information content (AvgIpc) is 3.10. The SMILES string of the molecule is C=CCN1CCN(C(=O)C2(CN)CC2)CC1. The number of hydrogen-bond donors (Lipinski definition) is 1. The van der Waals surface area contributed by atoms with Crippen LogP contribution in [0.4, 0.5) is 0 Å². The summed E-state index contributed by atoms with van der Waals surface area (Å²) in [5.74, 6) is 0.285. The highest BCUT2D eigenvalue weighted by Gasteiger charge is 2.50. The minimum absolute atomic E-state index is 0.180. The van der Waals surface area contributed by atoms with Crippen molar-refractivity contribution in [3.8, 4) is 0 Å². The number of rotatable bonds is 4. The molecular formula is C12H21N3O. The predicted octanol–water partition coefficient (Wildman–Crippen LogP) is 0.0555. The van der Waals surface area contributed by atoms with E-state index in [-0.39, 0.29) is 11.3 Å². The smallest absolute Gasteiger partial charge is 0.230 e. The van der Waals surface area contributed by atoms with Crippen LogP contribution in [-0.4, -0.2) is 55.0 Å². The van der Waals surface area contributed by atoms with Crippen molar-refractivity contribution in [3.05, 3.63) is 12.7 Å². The van der Waals surface area contributed by atoms with E-state index in [1.54, 1.807) is 0 Å². The Morgan fingerprint density at radius 3 is 2.38 bits per heavy atom. The van der Waals surface area contributed by atoms with E-state index < -0.39 is 0 Å². The molecule has 0 aromatic heterocycles. The summed E-state index contributed by atoms with van der Waals surface area (Å²) in [4.78, 5) is 16.5. The van der Waals surface area contributed by atoms with E-state index in [4.69, 9.17) is 5.73 Å². The van der Waals surface area contributed by atoms with Gasteiger partial charge >= 0.3 is 0 Å². The van der Waals surface area contributed by atoms with Crippen molar-refractivity contribution < 1.29 is 4.79 Å². The number of piperazine rings is 1. The van der Waals surface area contributed by atoms with Crippen molar-refractivity contribution in [2.75, 3.05) is 39.3 Å². The monoisotopic (exact) mass is 223 g/mol. The second-order valence-electron chi connectivity index (χ2n) is 4.87. The van der Waals surface area contributed by atoms with Crippen molar-refractivity contribution in [2.45, 2.75) is 12.8 Å². The van der Waals surface area contributed by atoms with Crippen molar-refractivity contribution >= 4 is 5.91 Å². The van der Waals surface area contributed by atoms with Crippen LogP contribution in [0.5, 0.6) is 0 Å². The van der Waals surface area contributed by atoms with Gasteiger partial charge in [0.1, 0.15) is 0 Å². The molecular weight excluding hydrogens is 202 g/mol. The Morgan fingerprint density at radius 2 is 1.94 bits per heavy atom. The number of carbonyl (C=O) groups is 1. The van der Waals surface area contributed by atoms with Crippen LogP contribution in [0.3, 0.4) is 0 Å². The summed E-state index contributed by atoms with van der Waals surface area (Å²) < 4.78 is 0. The Bertz CT molecular complexity index is 278. The third-order valence-corrected chi connectivity index (χ3v) is 3.74. The lowest BCUT2D eigenvalue weighted by molar-refractivity contribution is -0.138. The average molecular weight is 223 g/mol. The molecule has 4 heteroatoms. The third kappa shape index (κ3) is 2.13. The minimum atomic E-state index is -0.180. The fraction of sp³-hybridized carbons (Fsp3) is 0.750. The zero-order chi connectivity index (χ0) is 11.6. The molecule has 2 rings (SSSR count). The van der Waals surface area contributed by atoms with Gasteiger partial charge in [-0.2, -0.15) is 0 Å². The van der Waals surface area contributed by atoms with E-state index in [0.29, 0.717) is 6.54 Å². The first kappa shape index (κ1) is 11.6. The molecule has 16 heavy (non-hydrogen) atoms. The van der Waals surface area contributed by atoms with Gasteiger partial charge in [-0.05, 0) is 12.8 Å². The van der Waals surface area contributed by atoms with Gasteiger partial charge in [0.05, 0.1) is 5.41 Å².